The summed E-state index contributed by atoms with van der Waals surface area (Å²) in [5, 5.41) is 0. The Bertz CT molecular complexity index is 502. The highest BCUT2D eigenvalue weighted by Gasteiger charge is 2.07. The molecule has 4 heteroatoms. The molecule has 1 nitrogen and oxygen atoms in total. The van der Waals surface area contributed by atoms with Crippen molar-refractivity contribution in [3.05, 3.63) is 52.8 Å². The molecule has 2 aromatic carbocycles. The third-order valence-electron chi connectivity index (χ3n) is 2.02. The van der Waals surface area contributed by atoms with Gasteiger partial charge in [-0.2, -0.15) is 0 Å². The predicted octanol–water partition coefficient (Wildman–Crippen LogP) is 4.32. The van der Waals surface area contributed by atoms with Crippen LogP contribution >= 0.6 is 27.7 Å². The van der Waals surface area contributed by atoms with Gasteiger partial charge in [0.1, 0.15) is 5.82 Å². The molecular formula is C12H9BrFNS. The second-order valence-corrected chi connectivity index (χ2v) is 5.19. The maximum absolute atomic E-state index is 13.3. The quantitative estimate of drug-likeness (QED) is 0.836. The van der Waals surface area contributed by atoms with Crippen LogP contribution in [0, 0.1) is 5.82 Å². The van der Waals surface area contributed by atoms with Gasteiger partial charge in [-0.3, -0.25) is 0 Å². The average molecular weight is 298 g/mol. The first-order chi connectivity index (χ1) is 7.66. The number of benzene rings is 2. The van der Waals surface area contributed by atoms with Crippen LogP contribution in [0.25, 0.3) is 0 Å². The van der Waals surface area contributed by atoms with E-state index in [1.807, 2.05) is 30.3 Å². The van der Waals surface area contributed by atoms with E-state index in [4.69, 9.17) is 5.73 Å². The SMILES string of the molecule is Nc1cc(Br)c(F)cc1Sc1ccccc1. The van der Waals surface area contributed by atoms with E-state index < -0.39 is 0 Å². The fourth-order valence-corrected chi connectivity index (χ4v) is 2.50. The highest BCUT2D eigenvalue weighted by Crippen LogP contribution is 2.34. The van der Waals surface area contributed by atoms with Gasteiger partial charge >= 0.3 is 0 Å². The molecule has 0 bridgehead atoms. The molecule has 0 aromatic heterocycles. The topological polar surface area (TPSA) is 26.0 Å². The van der Waals surface area contributed by atoms with Crippen molar-refractivity contribution in [2.24, 2.45) is 0 Å². The highest BCUT2D eigenvalue weighted by molar-refractivity contribution is 9.10. The number of rotatable bonds is 2. The Morgan fingerprint density at radius 3 is 2.50 bits per heavy atom. The van der Waals surface area contributed by atoms with Gasteiger partial charge < -0.3 is 5.73 Å². The Morgan fingerprint density at radius 1 is 1.12 bits per heavy atom. The van der Waals surface area contributed by atoms with Crippen molar-refractivity contribution in [3.63, 3.8) is 0 Å². The molecule has 2 aromatic rings. The molecule has 16 heavy (non-hydrogen) atoms. The molecule has 2 N–H and O–H groups in total. The number of hydrogen-bond donors (Lipinski definition) is 1. The van der Waals surface area contributed by atoms with Gasteiger partial charge in [-0.1, -0.05) is 30.0 Å². The summed E-state index contributed by atoms with van der Waals surface area (Å²) < 4.78 is 13.7. The molecule has 0 fully saturated rings. The summed E-state index contributed by atoms with van der Waals surface area (Å²) in [4.78, 5) is 1.77. The summed E-state index contributed by atoms with van der Waals surface area (Å²) in [5.41, 5.74) is 6.39. The van der Waals surface area contributed by atoms with Crippen LogP contribution in [0.15, 0.2) is 56.7 Å². The number of nitrogens with two attached hydrogens (primary N) is 1. The Balaban J connectivity index is 2.32. The van der Waals surface area contributed by atoms with Crippen LogP contribution in [0.1, 0.15) is 0 Å². The van der Waals surface area contributed by atoms with Gasteiger partial charge in [0.25, 0.3) is 0 Å². The molecule has 0 saturated heterocycles. The Hall–Kier alpha value is -1.00. The van der Waals surface area contributed by atoms with E-state index in [0.29, 0.717) is 10.2 Å². The summed E-state index contributed by atoms with van der Waals surface area (Å²) >= 11 is 4.55. The van der Waals surface area contributed by atoms with Crippen LogP contribution in [0.5, 0.6) is 0 Å². The smallest absolute Gasteiger partial charge is 0.138 e. The molecular weight excluding hydrogens is 289 g/mol. The molecule has 0 aliphatic rings. The van der Waals surface area contributed by atoms with E-state index in [1.165, 1.54) is 17.8 Å². The maximum Gasteiger partial charge on any atom is 0.138 e. The molecule has 0 saturated carbocycles. The van der Waals surface area contributed by atoms with Gasteiger partial charge in [0.15, 0.2) is 0 Å². The first kappa shape index (κ1) is 11.5. The largest absolute Gasteiger partial charge is 0.398 e. The van der Waals surface area contributed by atoms with Crippen LogP contribution in [0.3, 0.4) is 0 Å². The molecule has 0 aliphatic heterocycles. The average Bonchev–Trinajstić information content (AvgIpc) is 2.27. The number of anilines is 1. The fourth-order valence-electron chi connectivity index (χ4n) is 1.25. The normalized spacial score (nSPS) is 10.4. The Kier molecular flexibility index (Phi) is 3.51. The second-order valence-electron chi connectivity index (χ2n) is 3.22. The van der Waals surface area contributed by atoms with Gasteiger partial charge in [0, 0.05) is 15.5 Å². The molecule has 0 atom stereocenters. The minimum absolute atomic E-state index is 0.298. The Labute approximate surface area is 106 Å². The first-order valence-electron chi connectivity index (χ1n) is 4.64. The van der Waals surface area contributed by atoms with E-state index in [-0.39, 0.29) is 5.82 Å². The minimum atomic E-state index is -0.298. The van der Waals surface area contributed by atoms with Crippen molar-refractivity contribution < 1.29 is 4.39 Å². The van der Waals surface area contributed by atoms with Crippen molar-refractivity contribution in [3.8, 4) is 0 Å². The first-order valence-corrected chi connectivity index (χ1v) is 6.25. The highest BCUT2D eigenvalue weighted by atomic mass is 79.9. The van der Waals surface area contributed by atoms with Crippen LogP contribution < -0.4 is 5.73 Å². The van der Waals surface area contributed by atoms with Crippen molar-refractivity contribution in [2.75, 3.05) is 5.73 Å². The summed E-state index contributed by atoms with van der Waals surface area (Å²) in [6.45, 7) is 0. The van der Waals surface area contributed by atoms with Crippen LogP contribution in [-0.4, -0.2) is 0 Å². The molecule has 0 spiro atoms. The third-order valence-corrected chi connectivity index (χ3v) is 3.71. The van der Waals surface area contributed by atoms with E-state index in [2.05, 4.69) is 15.9 Å². The number of hydrogen-bond acceptors (Lipinski definition) is 2. The van der Waals surface area contributed by atoms with Crippen LogP contribution in [0.2, 0.25) is 0 Å². The lowest BCUT2D eigenvalue weighted by Crippen LogP contribution is -1.90. The molecule has 0 unspecified atom stereocenters. The van der Waals surface area contributed by atoms with Crippen molar-refractivity contribution in [1.82, 2.24) is 0 Å². The van der Waals surface area contributed by atoms with Gasteiger partial charge in [-0.05, 0) is 40.2 Å². The molecule has 2 rings (SSSR count). The third kappa shape index (κ3) is 2.57. The van der Waals surface area contributed by atoms with Crippen molar-refractivity contribution >= 4 is 33.4 Å². The van der Waals surface area contributed by atoms with Crippen LogP contribution in [0.4, 0.5) is 10.1 Å². The standard InChI is InChI=1S/C12H9BrFNS/c13-9-6-11(15)12(7-10(9)14)16-8-4-2-1-3-5-8/h1-7H,15H2. The van der Waals surface area contributed by atoms with Gasteiger partial charge in [0.2, 0.25) is 0 Å². The lowest BCUT2D eigenvalue weighted by Gasteiger charge is -2.06. The number of nitrogen functional groups attached to an aromatic ring is 1. The van der Waals surface area contributed by atoms with E-state index in [9.17, 15) is 4.39 Å². The summed E-state index contributed by atoms with van der Waals surface area (Å²) in [6, 6.07) is 12.8. The Morgan fingerprint density at radius 2 is 1.81 bits per heavy atom. The number of halogens is 2. The van der Waals surface area contributed by atoms with Crippen LogP contribution in [-0.2, 0) is 0 Å². The zero-order chi connectivity index (χ0) is 11.5. The zero-order valence-electron chi connectivity index (χ0n) is 8.28. The molecule has 0 radical (unpaired) electrons. The minimum Gasteiger partial charge on any atom is -0.398 e. The van der Waals surface area contributed by atoms with Crippen molar-refractivity contribution in [2.45, 2.75) is 9.79 Å². The summed E-state index contributed by atoms with van der Waals surface area (Å²) in [5.74, 6) is -0.298. The molecule has 82 valence electrons. The van der Waals surface area contributed by atoms with Crippen molar-refractivity contribution in [1.29, 1.82) is 0 Å². The predicted molar refractivity (Wildman–Crippen MR) is 69.1 cm³/mol. The molecule has 0 amide bonds. The van der Waals surface area contributed by atoms with E-state index in [0.717, 1.165) is 9.79 Å². The maximum atomic E-state index is 13.3. The molecule has 0 aliphatic carbocycles. The van der Waals surface area contributed by atoms with Gasteiger partial charge in [-0.15, -0.1) is 0 Å². The zero-order valence-corrected chi connectivity index (χ0v) is 10.7. The summed E-state index contributed by atoms with van der Waals surface area (Å²) in [6.07, 6.45) is 0. The molecule has 0 heterocycles. The lowest BCUT2D eigenvalue weighted by molar-refractivity contribution is 0.618. The lowest BCUT2D eigenvalue weighted by atomic mass is 10.3. The fraction of sp³-hybridized carbons (Fsp3) is 0. The van der Waals surface area contributed by atoms with E-state index in [1.54, 1.807) is 6.07 Å². The van der Waals surface area contributed by atoms with Gasteiger partial charge in [0.05, 0.1) is 4.47 Å². The monoisotopic (exact) mass is 297 g/mol. The van der Waals surface area contributed by atoms with Gasteiger partial charge in [-0.25, -0.2) is 4.39 Å². The summed E-state index contributed by atoms with van der Waals surface area (Å²) in [7, 11) is 0. The van der Waals surface area contributed by atoms with E-state index >= 15 is 0 Å². The second kappa shape index (κ2) is 4.89.